The van der Waals surface area contributed by atoms with Crippen molar-refractivity contribution in [2.75, 3.05) is 33.1 Å². The van der Waals surface area contributed by atoms with E-state index in [0.29, 0.717) is 18.9 Å². The molecule has 1 amide bonds. The van der Waals surface area contributed by atoms with Crippen molar-refractivity contribution >= 4 is 15.9 Å². The molecule has 0 aromatic carbocycles. The zero-order valence-corrected chi connectivity index (χ0v) is 14.7. The molecule has 0 bridgehead atoms. The van der Waals surface area contributed by atoms with E-state index in [9.17, 15) is 13.2 Å². The summed E-state index contributed by atoms with van der Waals surface area (Å²) in [7, 11) is -0.345. The Morgan fingerprint density at radius 2 is 2.17 bits per heavy atom. The van der Waals surface area contributed by atoms with Crippen molar-refractivity contribution in [3.05, 3.63) is 18.0 Å². The smallest absolute Gasteiger partial charge is 0.272 e. The molecular weight excluding hydrogens is 320 g/mol. The summed E-state index contributed by atoms with van der Waals surface area (Å²) in [6.45, 7) is 4.58. The molecule has 9 heteroatoms. The lowest BCUT2D eigenvalue weighted by atomic mass is 10.1. The first-order valence-corrected chi connectivity index (χ1v) is 9.15. The molecular formula is C14H24N4O4S. The van der Waals surface area contributed by atoms with Gasteiger partial charge in [0.2, 0.25) is 10.0 Å². The number of nitrogens with one attached hydrogen (secondary N) is 1. The number of carbonyl (C=O) groups excluding carboxylic acids is 1. The second kappa shape index (κ2) is 6.98. The summed E-state index contributed by atoms with van der Waals surface area (Å²) in [5.41, 5.74) is 0.319. The highest BCUT2D eigenvalue weighted by molar-refractivity contribution is 7.89. The van der Waals surface area contributed by atoms with E-state index in [4.69, 9.17) is 4.74 Å². The Kier molecular flexibility index (Phi) is 5.43. The van der Waals surface area contributed by atoms with Gasteiger partial charge in [-0.25, -0.2) is 12.7 Å². The maximum Gasteiger partial charge on any atom is 0.272 e. The van der Waals surface area contributed by atoms with Crippen molar-refractivity contribution in [1.82, 2.24) is 19.4 Å². The van der Waals surface area contributed by atoms with Crippen molar-refractivity contribution in [1.29, 1.82) is 0 Å². The molecule has 0 aliphatic carbocycles. The third kappa shape index (κ3) is 4.30. The molecule has 0 radical (unpaired) electrons. The number of rotatable bonds is 6. The van der Waals surface area contributed by atoms with Gasteiger partial charge in [0.1, 0.15) is 5.69 Å². The first kappa shape index (κ1) is 17.9. The van der Waals surface area contributed by atoms with Crippen LogP contribution in [0.5, 0.6) is 0 Å². The van der Waals surface area contributed by atoms with Gasteiger partial charge < -0.3 is 10.1 Å². The molecule has 8 nitrogen and oxygen atoms in total. The lowest BCUT2D eigenvalue weighted by molar-refractivity contribution is 0.0920. The highest BCUT2D eigenvalue weighted by atomic mass is 32.2. The van der Waals surface area contributed by atoms with Gasteiger partial charge in [0.25, 0.3) is 5.91 Å². The minimum atomic E-state index is -3.34. The van der Waals surface area contributed by atoms with Crippen LogP contribution >= 0.6 is 0 Å². The van der Waals surface area contributed by atoms with E-state index < -0.39 is 10.0 Å². The third-order valence-electron chi connectivity index (χ3n) is 3.87. The van der Waals surface area contributed by atoms with Crippen molar-refractivity contribution in [2.45, 2.75) is 25.9 Å². The molecule has 1 N–H and O–H groups in total. The van der Waals surface area contributed by atoms with Crippen LogP contribution in [0.1, 0.15) is 30.4 Å². The van der Waals surface area contributed by atoms with Gasteiger partial charge in [-0.05, 0) is 19.9 Å². The fourth-order valence-electron chi connectivity index (χ4n) is 2.33. The molecule has 2 atom stereocenters. The van der Waals surface area contributed by atoms with E-state index in [-0.39, 0.29) is 29.7 Å². The molecule has 1 aliphatic heterocycles. The zero-order chi connectivity index (χ0) is 17.2. The Bertz CT molecular complexity index is 653. The summed E-state index contributed by atoms with van der Waals surface area (Å²) >= 11 is 0. The Morgan fingerprint density at radius 3 is 2.74 bits per heavy atom. The van der Waals surface area contributed by atoms with Crippen molar-refractivity contribution < 1.29 is 17.9 Å². The van der Waals surface area contributed by atoms with Crippen LogP contribution in [0.3, 0.4) is 0 Å². The monoisotopic (exact) mass is 344 g/mol. The SMILES string of the molecule is CC(C)n1ccc(C(=O)N[C@H]2COC[C@H]2CS(=O)(=O)N(C)C)n1. The molecule has 0 unspecified atom stereocenters. The maximum absolute atomic E-state index is 12.3. The first-order chi connectivity index (χ1) is 10.7. The van der Waals surface area contributed by atoms with Crippen LogP contribution in [0.2, 0.25) is 0 Å². The van der Waals surface area contributed by atoms with Crippen LogP contribution in [0.25, 0.3) is 0 Å². The molecule has 1 aromatic rings. The van der Waals surface area contributed by atoms with Gasteiger partial charge in [0.05, 0.1) is 25.0 Å². The Labute approximate surface area is 136 Å². The van der Waals surface area contributed by atoms with Gasteiger partial charge in [-0.2, -0.15) is 5.10 Å². The second-order valence-electron chi connectivity index (χ2n) is 6.21. The maximum atomic E-state index is 12.3. The van der Waals surface area contributed by atoms with Crippen LogP contribution in [-0.2, 0) is 14.8 Å². The number of hydrogen-bond donors (Lipinski definition) is 1. The van der Waals surface area contributed by atoms with E-state index in [0.717, 1.165) is 0 Å². The average molecular weight is 344 g/mol. The minimum absolute atomic E-state index is 0.0502. The number of ether oxygens (including phenoxy) is 1. The minimum Gasteiger partial charge on any atom is -0.379 e. The second-order valence-corrected chi connectivity index (χ2v) is 8.44. The summed E-state index contributed by atoms with van der Waals surface area (Å²) in [5.74, 6) is -0.628. The molecule has 0 spiro atoms. The van der Waals surface area contributed by atoms with Crippen LogP contribution in [0, 0.1) is 5.92 Å². The van der Waals surface area contributed by atoms with Gasteiger partial charge in [0, 0.05) is 32.3 Å². The van der Waals surface area contributed by atoms with Gasteiger partial charge in [-0.3, -0.25) is 9.48 Å². The number of aromatic nitrogens is 2. The lowest BCUT2D eigenvalue weighted by Gasteiger charge is -2.20. The van der Waals surface area contributed by atoms with E-state index in [1.807, 2.05) is 13.8 Å². The fraction of sp³-hybridized carbons (Fsp3) is 0.714. The van der Waals surface area contributed by atoms with E-state index >= 15 is 0 Å². The van der Waals surface area contributed by atoms with Crippen LogP contribution in [0.15, 0.2) is 12.3 Å². The topological polar surface area (TPSA) is 93.5 Å². The van der Waals surface area contributed by atoms with E-state index in [1.165, 1.54) is 18.4 Å². The van der Waals surface area contributed by atoms with Crippen LogP contribution < -0.4 is 5.32 Å². The van der Waals surface area contributed by atoms with Gasteiger partial charge in [-0.15, -0.1) is 0 Å². The standard InChI is InChI=1S/C14H24N4O4S/c1-10(2)18-6-5-12(16-18)14(19)15-13-8-22-7-11(13)9-23(20,21)17(3)4/h5-6,10-11,13H,7-9H2,1-4H3,(H,15,19)/t11-,13-/m0/s1. The number of hydrogen-bond acceptors (Lipinski definition) is 5. The van der Waals surface area contributed by atoms with E-state index in [1.54, 1.807) is 16.9 Å². The predicted octanol–water partition coefficient (Wildman–Crippen LogP) is 0.100. The molecule has 130 valence electrons. The van der Waals surface area contributed by atoms with Crippen molar-refractivity contribution in [3.8, 4) is 0 Å². The number of carbonyl (C=O) groups is 1. The number of sulfonamides is 1. The largest absolute Gasteiger partial charge is 0.379 e. The fourth-order valence-corrected chi connectivity index (χ4v) is 3.50. The summed E-state index contributed by atoms with van der Waals surface area (Å²) in [6, 6.07) is 1.49. The zero-order valence-electron chi connectivity index (χ0n) is 13.9. The van der Waals surface area contributed by atoms with Crippen molar-refractivity contribution in [3.63, 3.8) is 0 Å². The summed E-state index contributed by atoms with van der Waals surface area (Å²) < 4.78 is 32.3. The molecule has 23 heavy (non-hydrogen) atoms. The highest BCUT2D eigenvalue weighted by Crippen LogP contribution is 2.17. The van der Waals surface area contributed by atoms with Gasteiger partial charge in [-0.1, -0.05) is 0 Å². The molecule has 1 aromatic heterocycles. The van der Waals surface area contributed by atoms with E-state index in [2.05, 4.69) is 10.4 Å². The predicted molar refractivity (Wildman–Crippen MR) is 85.6 cm³/mol. The molecule has 2 heterocycles. The molecule has 1 saturated heterocycles. The third-order valence-corrected chi connectivity index (χ3v) is 5.83. The van der Waals surface area contributed by atoms with Crippen molar-refractivity contribution in [2.24, 2.45) is 5.92 Å². The summed E-state index contributed by atoms with van der Waals surface area (Å²) in [5, 5.41) is 7.05. The normalized spacial score (nSPS) is 22.0. The van der Waals surface area contributed by atoms with Crippen LogP contribution in [0.4, 0.5) is 0 Å². The Hall–Kier alpha value is -1.45. The number of nitrogens with zero attached hydrogens (tertiary/aromatic N) is 3. The Balaban J connectivity index is 2.01. The van der Waals surface area contributed by atoms with Gasteiger partial charge in [0.15, 0.2) is 0 Å². The van der Waals surface area contributed by atoms with Crippen LogP contribution in [-0.4, -0.2) is 67.5 Å². The first-order valence-electron chi connectivity index (χ1n) is 7.54. The number of amides is 1. The quantitative estimate of drug-likeness (QED) is 0.790. The Morgan fingerprint density at radius 1 is 1.48 bits per heavy atom. The summed E-state index contributed by atoms with van der Waals surface area (Å²) in [6.07, 6.45) is 1.75. The molecule has 0 saturated carbocycles. The highest BCUT2D eigenvalue weighted by Gasteiger charge is 2.34. The lowest BCUT2D eigenvalue weighted by Crippen LogP contribution is -2.43. The molecule has 1 aliphatic rings. The molecule has 2 rings (SSSR count). The summed E-state index contributed by atoms with van der Waals surface area (Å²) in [4.78, 5) is 12.3. The average Bonchev–Trinajstić information content (AvgIpc) is 3.08. The molecule has 1 fully saturated rings. The van der Waals surface area contributed by atoms with Gasteiger partial charge >= 0.3 is 0 Å².